The Morgan fingerprint density at radius 1 is 1.46 bits per heavy atom. The van der Waals surface area contributed by atoms with Crippen LogP contribution in [0.1, 0.15) is 19.8 Å². The molecule has 2 N–H and O–H groups in total. The third kappa shape index (κ3) is 8.89. The second kappa shape index (κ2) is 9.07. The number of aliphatic hydroxyl groups is 1. The molecule has 0 unspecified atom stereocenters. The van der Waals surface area contributed by atoms with Gasteiger partial charge in [0.2, 0.25) is 0 Å². The van der Waals surface area contributed by atoms with Gasteiger partial charge in [-0.15, -0.1) is 0 Å². The van der Waals surface area contributed by atoms with Crippen molar-refractivity contribution in [3.8, 4) is 0 Å². The molecule has 0 aromatic rings. The zero-order valence-electron chi connectivity index (χ0n) is 8.46. The fourth-order valence-electron chi connectivity index (χ4n) is 0.818. The lowest BCUT2D eigenvalue weighted by Gasteiger charge is -1.84. The summed E-state index contributed by atoms with van der Waals surface area (Å²) in [5, 5.41) is 11.8. The first-order valence-electron chi connectivity index (χ1n) is 4.68. The minimum Gasteiger partial charge on any atom is -0.508 e. The Balaban J connectivity index is 0.000000252. The summed E-state index contributed by atoms with van der Waals surface area (Å²) in [7, 11) is 1.96. The minimum atomic E-state index is 0.332. The van der Waals surface area contributed by atoms with Crippen LogP contribution < -0.4 is 5.32 Å². The predicted molar refractivity (Wildman–Crippen MR) is 57.8 cm³/mol. The summed E-state index contributed by atoms with van der Waals surface area (Å²) in [5.74, 6) is 0.332. The summed E-state index contributed by atoms with van der Waals surface area (Å²) in [6.45, 7) is 3.29. The number of hydrogen-bond acceptors (Lipinski definition) is 2. The van der Waals surface area contributed by atoms with E-state index in [0.717, 1.165) is 13.0 Å². The van der Waals surface area contributed by atoms with Crippen molar-refractivity contribution in [2.24, 2.45) is 0 Å². The highest BCUT2D eigenvalue weighted by atomic mass is 16.3. The third-order valence-electron chi connectivity index (χ3n) is 1.46. The van der Waals surface area contributed by atoms with Crippen LogP contribution in [-0.2, 0) is 0 Å². The van der Waals surface area contributed by atoms with Crippen molar-refractivity contribution in [3.05, 3.63) is 36.1 Å². The van der Waals surface area contributed by atoms with Crippen LogP contribution in [0.2, 0.25) is 0 Å². The average molecular weight is 181 g/mol. The lowest BCUT2D eigenvalue weighted by atomic mass is 10.4. The van der Waals surface area contributed by atoms with Gasteiger partial charge < -0.3 is 10.4 Å². The van der Waals surface area contributed by atoms with Crippen LogP contribution in [0.25, 0.3) is 0 Å². The smallest absolute Gasteiger partial charge is 0.115 e. The van der Waals surface area contributed by atoms with Gasteiger partial charge in [-0.05, 0) is 38.6 Å². The van der Waals surface area contributed by atoms with Gasteiger partial charge in [0.05, 0.1) is 0 Å². The molecular weight excluding hydrogens is 162 g/mol. The normalized spacial score (nSPS) is 14.2. The number of aliphatic hydroxyl groups excluding tert-OH is 1. The summed E-state index contributed by atoms with van der Waals surface area (Å²) < 4.78 is 0. The molecule has 1 rings (SSSR count). The van der Waals surface area contributed by atoms with E-state index >= 15 is 0 Å². The van der Waals surface area contributed by atoms with Crippen molar-refractivity contribution < 1.29 is 5.11 Å². The van der Waals surface area contributed by atoms with E-state index in [1.165, 1.54) is 6.42 Å². The summed E-state index contributed by atoms with van der Waals surface area (Å²) in [5.41, 5.74) is 0. The molecule has 0 heterocycles. The molecule has 74 valence electrons. The molecule has 0 amide bonds. The van der Waals surface area contributed by atoms with Gasteiger partial charge in [0, 0.05) is 0 Å². The highest BCUT2D eigenvalue weighted by Crippen LogP contribution is 1.99. The fraction of sp³-hybridized carbons (Fsp3) is 0.455. The molecule has 0 aromatic carbocycles. The second-order valence-electron chi connectivity index (χ2n) is 2.76. The second-order valence-corrected chi connectivity index (χ2v) is 2.76. The van der Waals surface area contributed by atoms with Gasteiger partial charge in [0.15, 0.2) is 0 Å². The predicted octanol–water partition coefficient (Wildman–Crippen LogP) is 2.56. The highest BCUT2D eigenvalue weighted by Gasteiger charge is 1.83. The van der Waals surface area contributed by atoms with Crippen LogP contribution in [0.4, 0.5) is 0 Å². The Bertz CT molecular complexity index is 190. The van der Waals surface area contributed by atoms with Crippen molar-refractivity contribution in [3.63, 3.8) is 0 Å². The van der Waals surface area contributed by atoms with E-state index in [2.05, 4.69) is 12.2 Å². The first-order chi connectivity index (χ1) is 6.31. The van der Waals surface area contributed by atoms with E-state index in [0.29, 0.717) is 5.76 Å². The Labute approximate surface area is 80.7 Å². The van der Waals surface area contributed by atoms with Crippen molar-refractivity contribution in [1.29, 1.82) is 0 Å². The molecule has 1 aliphatic rings. The lowest BCUT2D eigenvalue weighted by molar-refractivity contribution is 0.432. The topological polar surface area (TPSA) is 32.3 Å². The minimum absolute atomic E-state index is 0.332. The molecule has 0 spiro atoms. The summed E-state index contributed by atoms with van der Waals surface area (Å²) in [4.78, 5) is 0. The molecule has 0 atom stereocenters. The molecule has 0 bridgehead atoms. The molecule has 1 aliphatic carbocycles. The van der Waals surface area contributed by atoms with Gasteiger partial charge in [-0.2, -0.15) is 0 Å². The zero-order chi connectivity index (χ0) is 9.94. The summed E-state index contributed by atoms with van der Waals surface area (Å²) >= 11 is 0. The quantitative estimate of drug-likeness (QED) is 0.686. The van der Waals surface area contributed by atoms with E-state index in [-0.39, 0.29) is 0 Å². The lowest BCUT2D eigenvalue weighted by Crippen LogP contribution is -2.04. The number of rotatable bonds is 2. The molecule has 0 fully saturated rings. The number of hydrogen-bond donors (Lipinski definition) is 2. The van der Waals surface area contributed by atoms with E-state index in [1.807, 2.05) is 25.3 Å². The summed E-state index contributed by atoms with van der Waals surface area (Å²) in [6.07, 6.45) is 11.3. The monoisotopic (exact) mass is 181 g/mol. The van der Waals surface area contributed by atoms with Crippen LogP contribution in [0, 0.1) is 0 Å². The SMILES string of the molecule is CCCNC.OC1=CC=CCC=C1. The molecule has 0 radical (unpaired) electrons. The maximum Gasteiger partial charge on any atom is 0.115 e. The molecule has 2 nitrogen and oxygen atoms in total. The number of nitrogens with one attached hydrogen (secondary N) is 1. The Morgan fingerprint density at radius 3 is 2.77 bits per heavy atom. The van der Waals surface area contributed by atoms with Crippen LogP contribution in [-0.4, -0.2) is 18.7 Å². The van der Waals surface area contributed by atoms with Gasteiger partial charge in [0.1, 0.15) is 5.76 Å². The van der Waals surface area contributed by atoms with Gasteiger partial charge in [-0.1, -0.05) is 25.2 Å². The van der Waals surface area contributed by atoms with Crippen molar-refractivity contribution in [2.45, 2.75) is 19.8 Å². The zero-order valence-corrected chi connectivity index (χ0v) is 8.46. The molecular formula is C11H19NO. The van der Waals surface area contributed by atoms with Gasteiger partial charge in [-0.3, -0.25) is 0 Å². The average Bonchev–Trinajstić information content (AvgIpc) is 2.35. The molecule has 0 aliphatic heterocycles. The molecule has 0 aromatic heterocycles. The van der Waals surface area contributed by atoms with Crippen molar-refractivity contribution in [2.75, 3.05) is 13.6 Å². The first kappa shape index (κ1) is 12.0. The van der Waals surface area contributed by atoms with Crippen molar-refractivity contribution in [1.82, 2.24) is 5.32 Å². The van der Waals surface area contributed by atoms with Gasteiger partial charge >= 0.3 is 0 Å². The third-order valence-corrected chi connectivity index (χ3v) is 1.46. The van der Waals surface area contributed by atoms with E-state index in [9.17, 15) is 0 Å². The maximum absolute atomic E-state index is 8.81. The maximum atomic E-state index is 8.81. The van der Waals surface area contributed by atoms with Gasteiger partial charge in [-0.25, -0.2) is 0 Å². The fourth-order valence-corrected chi connectivity index (χ4v) is 0.818. The number of allylic oxidation sites excluding steroid dienone is 5. The Morgan fingerprint density at radius 2 is 2.23 bits per heavy atom. The van der Waals surface area contributed by atoms with Crippen LogP contribution >= 0.6 is 0 Å². The Hall–Kier alpha value is -1.02. The van der Waals surface area contributed by atoms with Crippen LogP contribution in [0.15, 0.2) is 36.1 Å². The van der Waals surface area contributed by atoms with E-state index < -0.39 is 0 Å². The molecule has 2 heteroatoms. The molecule has 0 saturated heterocycles. The highest BCUT2D eigenvalue weighted by molar-refractivity contribution is 5.21. The van der Waals surface area contributed by atoms with E-state index in [1.54, 1.807) is 12.2 Å². The summed E-state index contributed by atoms with van der Waals surface area (Å²) in [6, 6.07) is 0. The first-order valence-corrected chi connectivity index (χ1v) is 4.68. The van der Waals surface area contributed by atoms with Crippen LogP contribution in [0.3, 0.4) is 0 Å². The van der Waals surface area contributed by atoms with Crippen molar-refractivity contribution >= 4 is 0 Å². The van der Waals surface area contributed by atoms with E-state index in [4.69, 9.17) is 5.11 Å². The molecule has 0 saturated carbocycles. The van der Waals surface area contributed by atoms with Crippen LogP contribution in [0.5, 0.6) is 0 Å². The van der Waals surface area contributed by atoms with Gasteiger partial charge in [0.25, 0.3) is 0 Å². The largest absolute Gasteiger partial charge is 0.508 e. The Kier molecular flexibility index (Phi) is 8.36. The molecule has 13 heavy (non-hydrogen) atoms. The standard InChI is InChI=1S/C7H8O.C4H11N/c8-7-5-3-1-2-4-6-7;1-3-4-5-2/h1,3-6,8H,2H2;5H,3-4H2,1-2H3.